The maximum absolute atomic E-state index is 11.6. The molecule has 0 saturated carbocycles. The fourth-order valence-corrected chi connectivity index (χ4v) is 4.54. The van der Waals surface area contributed by atoms with Crippen LogP contribution in [0.25, 0.3) is 32.3 Å². The number of aryl methyl sites for hydroxylation is 1. The molecule has 0 aliphatic heterocycles. The zero-order valence-electron chi connectivity index (χ0n) is 15.0. The third-order valence-electron chi connectivity index (χ3n) is 4.29. The van der Waals surface area contributed by atoms with Crippen LogP contribution < -0.4 is 0 Å². The van der Waals surface area contributed by atoms with Gasteiger partial charge in [0, 0.05) is 23.5 Å². The van der Waals surface area contributed by atoms with E-state index in [0.717, 1.165) is 37.2 Å². The van der Waals surface area contributed by atoms with E-state index in [1.165, 1.54) is 5.56 Å². The third kappa shape index (κ3) is 3.81. The summed E-state index contributed by atoms with van der Waals surface area (Å²) in [5.41, 5.74) is 5.43. The number of hydrogen-bond donors (Lipinski definition) is 0. The van der Waals surface area contributed by atoms with Crippen molar-refractivity contribution in [2.24, 2.45) is 0 Å². The highest BCUT2D eigenvalue weighted by Crippen LogP contribution is 2.40. The number of rotatable bonds is 4. The average molecular weight is 391 g/mol. The molecule has 0 fully saturated rings. The van der Waals surface area contributed by atoms with Crippen molar-refractivity contribution in [3.05, 3.63) is 78.6 Å². The number of nitrogens with zero attached hydrogens (tertiary/aromatic N) is 2. The quantitative estimate of drug-likeness (QED) is 0.427. The predicted molar refractivity (Wildman–Crippen MR) is 113 cm³/mol. The first-order chi connectivity index (χ1) is 13.1. The summed E-state index contributed by atoms with van der Waals surface area (Å²) in [5.74, 6) is 0. The van der Waals surface area contributed by atoms with Crippen LogP contribution in [0.3, 0.4) is 0 Å². The van der Waals surface area contributed by atoms with Crippen LogP contribution in [0.2, 0.25) is 0 Å². The molecule has 1 atom stereocenters. The number of benzene rings is 2. The minimum absolute atomic E-state index is 0.823. The van der Waals surface area contributed by atoms with E-state index in [9.17, 15) is 4.55 Å². The van der Waals surface area contributed by atoms with Crippen molar-refractivity contribution in [3.63, 3.8) is 0 Å². The first kappa shape index (κ1) is 17.9. The van der Waals surface area contributed by atoms with E-state index < -0.39 is 11.2 Å². The van der Waals surface area contributed by atoms with Gasteiger partial charge in [0.25, 0.3) is 0 Å². The van der Waals surface area contributed by atoms with Crippen molar-refractivity contribution in [1.82, 2.24) is 9.97 Å². The minimum atomic E-state index is -0.979. The van der Waals surface area contributed by atoms with Gasteiger partial charge in [0.15, 0.2) is 4.90 Å². The molecular formula is C22H18N2OS2. The highest BCUT2D eigenvalue weighted by Gasteiger charge is 2.16. The number of thiazole rings is 1. The number of hydrogen-bond acceptors (Lipinski definition) is 4. The van der Waals surface area contributed by atoms with Crippen LogP contribution in [0.15, 0.2) is 78.0 Å². The van der Waals surface area contributed by atoms with Crippen molar-refractivity contribution in [2.45, 2.75) is 11.8 Å². The monoisotopic (exact) mass is 390 g/mol. The fraction of sp³-hybridized carbons (Fsp3) is 0.0909. The smallest absolute Gasteiger partial charge is 0.152 e. The Bertz CT molecular complexity index is 1060. The van der Waals surface area contributed by atoms with Crippen molar-refractivity contribution in [2.75, 3.05) is 6.26 Å². The number of aromatic nitrogens is 2. The average Bonchev–Trinajstić information content (AvgIpc) is 3.14. The molecule has 5 heteroatoms. The highest BCUT2D eigenvalue weighted by molar-refractivity contribution is 7.90. The van der Waals surface area contributed by atoms with E-state index in [0.29, 0.717) is 0 Å². The second-order valence-electron chi connectivity index (χ2n) is 6.28. The molecule has 134 valence electrons. The summed E-state index contributed by atoms with van der Waals surface area (Å²) in [4.78, 5) is 11.0. The predicted octanol–water partition coefficient (Wildman–Crippen LogP) is 5.58. The van der Waals surface area contributed by atoms with E-state index >= 15 is 0 Å². The SMILES string of the molecule is Cc1cccc(-c2nc(-c3ccc([S+](C)[O-])cc3)sc2-c2ccncc2)c1. The van der Waals surface area contributed by atoms with Crippen LogP contribution in [-0.4, -0.2) is 20.8 Å². The van der Waals surface area contributed by atoms with Gasteiger partial charge >= 0.3 is 0 Å². The highest BCUT2D eigenvalue weighted by atomic mass is 32.2. The van der Waals surface area contributed by atoms with Gasteiger partial charge in [-0.1, -0.05) is 23.8 Å². The molecule has 0 amide bonds. The Labute approximate surface area is 166 Å². The number of pyridine rings is 1. The lowest BCUT2D eigenvalue weighted by molar-refractivity contribution is 0.601. The van der Waals surface area contributed by atoms with Gasteiger partial charge in [0.05, 0.1) is 10.6 Å². The van der Waals surface area contributed by atoms with Gasteiger partial charge in [-0.15, -0.1) is 11.3 Å². The van der Waals surface area contributed by atoms with E-state index in [-0.39, 0.29) is 0 Å². The Hall–Kier alpha value is -2.47. The molecule has 2 aromatic heterocycles. The van der Waals surface area contributed by atoms with Gasteiger partial charge in [-0.25, -0.2) is 4.98 Å². The maximum atomic E-state index is 11.6. The second kappa shape index (κ2) is 7.64. The van der Waals surface area contributed by atoms with Crippen LogP contribution in [0.5, 0.6) is 0 Å². The van der Waals surface area contributed by atoms with Gasteiger partial charge in [0.2, 0.25) is 0 Å². The molecule has 0 N–H and O–H groups in total. The van der Waals surface area contributed by atoms with Gasteiger partial charge in [-0.05, 0) is 66.1 Å². The zero-order chi connectivity index (χ0) is 18.8. The van der Waals surface area contributed by atoms with E-state index in [2.05, 4.69) is 36.2 Å². The van der Waals surface area contributed by atoms with E-state index in [4.69, 9.17) is 4.98 Å². The fourth-order valence-electron chi connectivity index (χ4n) is 2.92. The van der Waals surface area contributed by atoms with Crippen LogP contribution in [0.1, 0.15) is 5.56 Å². The lowest BCUT2D eigenvalue weighted by atomic mass is 10.1. The largest absolute Gasteiger partial charge is 0.612 e. The minimum Gasteiger partial charge on any atom is -0.612 e. The standard InChI is InChI=1S/C22H18N2OS2/c1-15-4-3-5-18(14-15)20-21(16-10-12-23-13-11-16)26-22(24-20)17-6-8-19(9-7-17)27(2)25/h3-14H,1-2H3. The molecule has 0 saturated heterocycles. The van der Waals surface area contributed by atoms with Crippen molar-refractivity contribution < 1.29 is 4.55 Å². The van der Waals surface area contributed by atoms with Crippen molar-refractivity contribution >= 4 is 22.5 Å². The zero-order valence-corrected chi connectivity index (χ0v) is 16.7. The van der Waals surface area contributed by atoms with Gasteiger partial charge in [-0.2, -0.15) is 0 Å². The van der Waals surface area contributed by atoms with E-state index in [1.807, 2.05) is 36.4 Å². The molecule has 0 radical (unpaired) electrons. The molecule has 2 aromatic carbocycles. The molecule has 4 rings (SSSR count). The molecule has 2 heterocycles. The van der Waals surface area contributed by atoms with Crippen LogP contribution in [0.4, 0.5) is 0 Å². The molecule has 0 aliphatic carbocycles. The van der Waals surface area contributed by atoms with E-state index in [1.54, 1.807) is 30.0 Å². The van der Waals surface area contributed by atoms with Crippen molar-refractivity contribution in [1.29, 1.82) is 0 Å². The summed E-state index contributed by atoms with van der Waals surface area (Å²) in [6.07, 6.45) is 5.30. The third-order valence-corrected chi connectivity index (χ3v) is 6.38. The molecule has 0 bridgehead atoms. The maximum Gasteiger partial charge on any atom is 0.152 e. The van der Waals surface area contributed by atoms with Crippen LogP contribution in [0, 0.1) is 6.92 Å². The molecule has 0 aliphatic rings. The Morgan fingerprint density at radius 2 is 1.63 bits per heavy atom. The van der Waals surface area contributed by atoms with Crippen LogP contribution in [-0.2, 0) is 11.2 Å². The first-order valence-corrected chi connectivity index (χ1v) is 10.9. The summed E-state index contributed by atoms with van der Waals surface area (Å²) in [7, 11) is 0. The Morgan fingerprint density at radius 3 is 2.30 bits per heavy atom. The molecule has 27 heavy (non-hydrogen) atoms. The van der Waals surface area contributed by atoms with Gasteiger partial charge in [-0.3, -0.25) is 4.98 Å². The normalized spacial score (nSPS) is 12.1. The molecule has 4 aromatic rings. The topological polar surface area (TPSA) is 48.8 Å². The summed E-state index contributed by atoms with van der Waals surface area (Å²) < 4.78 is 11.6. The molecule has 3 nitrogen and oxygen atoms in total. The summed E-state index contributed by atoms with van der Waals surface area (Å²) in [6, 6.07) is 20.2. The Morgan fingerprint density at radius 1 is 0.889 bits per heavy atom. The first-order valence-electron chi connectivity index (χ1n) is 8.54. The van der Waals surface area contributed by atoms with Gasteiger partial charge in [0.1, 0.15) is 11.3 Å². The summed E-state index contributed by atoms with van der Waals surface area (Å²) in [5, 5.41) is 0.951. The molecule has 0 spiro atoms. The summed E-state index contributed by atoms with van der Waals surface area (Å²) in [6.45, 7) is 2.09. The lowest BCUT2D eigenvalue weighted by Gasteiger charge is -2.04. The Kier molecular flexibility index (Phi) is 5.07. The summed E-state index contributed by atoms with van der Waals surface area (Å²) >= 11 is 0.687. The second-order valence-corrected chi connectivity index (χ2v) is 8.66. The molecule has 1 unspecified atom stereocenters. The van der Waals surface area contributed by atoms with Gasteiger partial charge < -0.3 is 4.55 Å². The molecular weight excluding hydrogens is 372 g/mol. The van der Waals surface area contributed by atoms with Crippen LogP contribution >= 0.6 is 11.3 Å². The Balaban J connectivity index is 1.85. The lowest BCUT2D eigenvalue weighted by Crippen LogP contribution is -1.96. The van der Waals surface area contributed by atoms with Crippen molar-refractivity contribution in [3.8, 4) is 32.3 Å².